The summed E-state index contributed by atoms with van der Waals surface area (Å²) in [5.74, 6) is 0.160. The van der Waals surface area contributed by atoms with E-state index in [2.05, 4.69) is 237 Å². The Bertz CT molecular complexity index is 3420. The maximum atomic E-state index is 2.55. The number of hydrogen-bond donors (Lipinski definition) is 0. The fourth-order valence-corrected chi connectivity index (χ4v) is 10.3. The molecule has 13 rings (SSSR count). The molecule has 0 fully saturated rings. The van der Waals surface area contributed by atoms with Crippen LogP contribution in [0.4, 0.5) is 22.7 Å². The maximum absolute atomic E-state index is 2.55. The highest BCUT2D eigenvalue weighted by atomic mass is 15.2. The van der Waals surface area contributed by atoms with Crippen LogP contribution in [0.3, 0.4) is 0 Å². The molecule has 2 atom stereocenters. The molecule has 4 nitrogen and oxygen atoms in total. The molecule has 0 amide bonds. The normalized spacial score (nSPS) is 17.5. The number of benzene rings is 7. The Morgan fingerprint density at radius 3 is 1.68 bits per heavy atom. The van der Waals surface area contributed by atoms with Gasteiger partial charge < -0.3 is 18.9 Å². The van der Waals surface area contributed by atoms with E-state index in [9.17, 15) is 0 Å². The number of anilines is 4. The zero-order chi connectivity index (χ0) is 39.3. The SMILES string of the molecule is C1=CC2=CC(C=C1)N(c1ccc(N3C4=CC(C=CC=C4)c4ccc5c6ccccc6n(-c6ccccc6)c5c43)cc1)c1c2ccc2c3ccccc3n(-c3ccccc3)c12. The van der Waals surface area contributed by atoms with Crippen molar-refractivity contribution in [3.8, 4) is 11.4 Å². The van der Waals surface area contributed by atoms with E-state index in [1.165, 1.54) is 77.4 Å². The monoisotopic (exact) mass is 766 g/mol. The van der Waals surface area contributed by atoms with Gasteiger partial charge in [0.2, 0.25) is 0 Å². The van der Waals surface area contributed by atoms with E-state index in [0.717, 1.165) is 22.7 Å². The Balaban J connectivity index is 1.04. The molecule has 282 valence electrons. The van der Waals surface area contributed by atoms with E-state index in [0.29, 0.717) is 0 Å². The number of fused-ring (bicyclic) bond motifs is 14. The molecule has 4 heteroatoms. The topological polar surface area (TPSA) is 16.3 Å². The Labute approximate surface area is 348 Å². The van der Waals surface area contributed by atoms with Gasteiger partial charge in [-0.1, -0.05) is 140 Å². The molecule has 7 aromatic carbocycles. The third-order valence-corrected chi connectivity index (χ3v) is 12.8. The second kappa shape index (κ2) is 12.8. The summed E-state index contributed by atoms with van der Waals surface area (Å²) in [5.41, 5.74) is 16.8. The van der Waals surface area contributed by atoms with Gasteiger partial charge in [0.1, 0.15) is 0 Å². The summed E-state index contributed by atoms with van der Waals surface area (Å²) in [5, 5.41) is 5.01. The Morgan fingerprint density at radius 2 is 0.983 bits per heavy atom. The first-order valence-corrected chi connectivity index (χ1v) is 20.9. The summed E-state index contributed by atoms with van der Waals surface area (Å²) in [6.07, 6.45) is 22.7. The molecule has 2 aliphatic carbocycles. The van der Waals surface area contributed by atoms with Crippen LogP contribution in [0, 0.1) is 0 Å². The molecular weight excluding hydrogens is 729 g/mol. The molecule has 0 saturated heterocycles. The van der Waals surface area contributed by atoms with Crippen molar-refractivity contribution in [3.63, 3.8) is 0 Å². The lowest BCUT2D eigenvalue weighted by Crippen LogP contribution is -2.31. The van der Waals surface area contributed by atoms with Crippen molar-refractivity contribution < 1.29 is 0 Å². The average Bonchev–Trinajstić information content (AvgIpc) is 3.63. The lowest BCUT2D eigenvalue weighted by atomic mass is 9.90. The van der Waals surface area contributed by atoms with E-state index in [4.69, 9.17) is 0 Å². The second-order valence-electron chi connectivity index (χ2n) is 16.1. The summed E-state index contributed by atoms with van der Waals surface area (Å²) in [7, 11) is 0. The van der Waals surface area contributed by atoms with Crippen molar-refractivity contribution >= 4 is 71.9 Å². The van der Waals surface area contributed by atoms with Crippen LogP contribution in [0.5, 0.6) is 0 Å². The Morgan fingerprint density at radius 1 is 0.400 bits per heavy atom. The number of nitrogens with zero attached hydrogens (tertiary/aromatic N) is 4. The summed E-state index contributed by atoms with van der Waals surface area (Å²) < 4.78 is 4.93. The predicted octanol–water partition coefficient (Wildman–Crippen LogP) is 14.2. The number of rotatable bonds is 4. The minimum atomic E-state index is 0.0254. The lowest BCUT2D eigenvalue weighted by molar-refractivity contribution is 0.932. The molecule has 0 N–H and O–H groups in total. The fourth-order valence-electron chi connectivity index (χ4n) is 10.3. The van der Waals surface area contributed by atoms with Crippen LogP contribution in [0.25, 0.3) is 60.6 Å². The predicted molar refractivity (Wildman–Crippen MR) is 251 cm³/mol. The van der Waals surface area contributed by atoms with Gasteiger partial charge in [-0.25, -0.2) is 0 Å². The van der Waals surface area contributed by atoms with Gasteiger partial charge in [0.05, 0.1) is 39.5 Å². The van der Waals surface area contributed by atoms with Gasteiger partial charge in [-0.3, -0.25) is 0 Å². The molecule has 2 aromatic heterocycles. The van der Waals surface area contributed by atoms with Gasteiger partial charge >= 0.3 is 0 Å². The van der Waals surface area contributed by atoms with Gasteiger partial charge in [-0.15, -0.1) is 0 Å². The third-order valence-electron chi connectivity index (χ3n) is 12.8. The van der Waals surface area contributed by atoms with E-state index in [1.54, 1.807) is 0 Å². The molecule has 0 spiro atoms. The Kier molecular flexibility index (Phi) is 7.10. The van der Waals surface area contributed by atoms with Gasteiger partial charge in [0.25, 0.3) is 0 Å². The van der Waals surface area contributed by atoms with Gasteiger partial charge in [-0.05, 0) is 90.0 Å². The first-order chi connectivity index (χ1) is 29.8. The van der Waals surface area contributed by atoms with Crippen LogP contribution < -0.4 is 9.80 Å². The summed E-state index contributed by atoms with van der Waals surface area (Å²) in [6.45, 7) is 0. The molecule has 9 aromatic rings. The van der Waals surface area contributed by atoms with Crippen molar-refractivity contribution in [1.82, 2.24) is 9.13 Å². The second-order valence-corrected chi connectivity index (χ2v) is 16.1. The number of para-hydroxylation sites is 4. The first-order valence-electron chi connectivity index (χ1n) is 20.9. The number of aromatic nitrogens is 2. The minimum Gasteiger partial charge on any atom is -0.329 e. The maximum Gasteiger partial charge on any atom is 0.0785 e. The average molecular weight is 767 g/mol. The van der Waals surface area contributed by atoms with E-state index >= 15 is 0 Å². The van der Waals surface area contributed by atoms with Gasteiger partial charge in [0, 0.05) is 61.5 Å². The summed E-state index contributed by atoms with van der Waals surface area (Å²) >= 11 is 0. The molecule has 60 heavy (non-hydrogen) atoms. The molecular formula is C56H38N4. The zero-order valence-corrected chi connectivity index (χ0v) is 32.7. The van der Waals surface area contributed by atoms with Crippen molar-refractivity contribution in [2.45, 2.75) is 12.0 Å². The molecule has 4 aliphatic rings. The quantitative estimate of drug-likeness (QED) is 0.177. The highest BCUT2D eigenvalue weighted by Crippen LogP contribution is 2.52. The van der Waals surface area contributed by atoms with E-state index in [1.807, 2.05) is 0 Å². The largest absolute Gasteiger partial charge is 0.329 e. The fraction of sp³-hybridized carbons (Fsp3) is 0.0357. The van der Waals surface area contributed by atoms with Crippen LogP contribution in [0.15, 0.2) is 224 Å². The van der Waals surface area contributed by atoms with Gasteiger partial charge in [0.15, 0.2) is 0 Å². The van der Waals surface area contributed by atoms with E-state index in [-0.39, 0.29) is 12.0 Å². The van der Waals surface area contributed by atoms with E-state index < -0.39 is 0 Å². The lowest BCUT2D eigenvalue weighted by Gasteiger charge is -2.38. The van der Waals surface area contributed by atoms with Crippen molar-refractivity contribution in [1.29, 1.82) is 0 Å². The first kappa shape index (κ1) is 33.2. The van der Waals surface area contributed by atoms with Crippen molar-refractivity contribution in [2.75, 3.05) is 9.80 Å². The molecule has 2 aliphatic heterocycles. The van der Waals surface area contributed by atoms with Crippen LogP contribution in [0.2, 0.25) is 0 Å². The van der Waals surface area contributed by atoms with Gasteiger partial charge in [-0.2, -0.15) is 0 Å². The molecule has 0 radical (unpaired) electrons. The third kappa shape index (κ3) is 4.73. The number of hydrogen-bond acceptors (Lipinski definition) is 2. The van der Waals surface area contributed by atoms with Crippen LogP contribution in [-0.4, -0.2) is 15.2 Å². The molecule has 4 bridgehead atoms. The zero-order valence-electron chi connectivity index (χ0n) is 32.7. The van der Waals surface area contributed by atoms with Crippen molar-refractivity contribution in [2.24, 2.45) is 0 Å². The molecule has 0 saturated carbocycles. The van der Waals surface area contributed by atoms with Crippen LogP contribution >= 0.6 is 0 Å². The summed E-state index contributed by atoms with van der Waals surface area (Å²) in [6, 6.07) is 58.0. The Hall–Kier alpha value is -7.82. The minimum absolute atomic E-state index is 0.0254. The summed E-state index contributed by atoms with van der Waals surface area (Å²) in [4.78, 5) is 5.04. The molecule has 4 heterocycles. The van der Waals surface area contributed by atoms with Crippen LogP contribution in [0.1, 0.15) is 17.0 Å². The van der Waals surface area contributed by atoms with Crippen LogP contribution in [-0.2, 0) is 0 Å². The number of allylic oxidation sites excluding steroid dienone is 9. The highest BCUT2D eigenvalue weighted by molar-refractivity contribution is 6.17. The van der Waals surface area contributed by atoms with Crippen molar-refractivity contribution in [3.05, 3.63) is 235 Å². The highest BCUT2D eigenvalue weighted by Gasteiger charge is 2.33. The molecule has 2 unspecified atom stereocenters. The smallest absolute Gasteiger partial charge is 0.0785 e. The standard InChI is InChI=1S/C56H38N4/c1-3-17-39(18-4-1)59-51-25-13-11-23-47(51)49-33-31-45-37-15-7-9-21-43(35-37)57(53(45)55(49)59)41-27-29-42(30-28-41)58-44-22-10-8-16-38(36-44)46-32-34-50-48-24-12-14-26-52(48)60(56(50)54(46)58)40-19-5-2-6-20-40/h1-37,44H.